The first kappa shape index (κ1) is 16.0. The van der Waals surface area contributed by atoms with Gasteiger partial charge in [-0.05, 0) is 31.9 Å². The summed E-state index contributed by atoms with van der Waals surface area (Å²) in [6.45, 7) is 16.4. The summed E-state index contributed by atoms with van der Waals surface area (Å²) < 4.78 is 0. The molecule has 0 aliphatic carbocycles. The van der Waals surface area contributed by atoms with Crippen molar-refractivity contribution in [1.29, 1.82) is 0 Å². The Morgan fingerprint density at radius 1 is 0.882 bits per heavy atom. The van der Waals surface area contributed by atoms with Gasteiger partial charge in [0.1, 0.15) is 0 Å². The molecule has 0 bridgehead atoms. The molecule has 0 radical (unpaired) electrons. The second kappa shape index (κ2) is 8.18. The Morgan fingerprint density at radius 2 is 1.41 bits per heavy atom. The predicted octanol–water partition coefficient (Wildman–Crippen LogP) is 3.14. The van der Waals surface area contributed by atoms with Crippen molar-refractivity contribution < 1.29 is 0 Å². The molecule has 0 spiro atoms. The van der Waals surface area contributed by atoms with Crippen LogP contribution in [0.5, 0.6) is 0 Å². The van der Waals surface area contributed by atoms with Crippen LogP contribution < -0.4 is 5.32 Å². The highest BCUT2D eigenvalue weighted by Gasteiger charge is 2.23. The monoisotopic (exact) mass is 237 g/mol. The van der Waals surface area contributed by atoms with Crippen molar-refractivity contribution in [3.05, 3.63) is 22.5 Å². The lowest BCUT2D eigenvalue weighted by atomic mass is 9.93. The third kappa shape index (κ3) is 3.77. The first-order valence-corrected chi connectivity index (χ1v) is 6.71. The van der Waals surface area contributed by atoms with Gasteiger partial charge in [0.15, 0.2) is 0 Å². The van der Waals surface area contributed by atoms with Crippen LogP contribution in [0.3, 0.4) is 0 Å². The molecule has 2 rings (SSSR count). The van der Waals surface area contributed by atoms with Gasteiger partial charge in [-0.3, -0.25) is 0 Å². The molecular formula is C14H27N3. The maximum absolute atomic E-state index is 4.27. The number of rotatable bonds is 1. The minimum Gasteiger partial charge on any atom is -0.315 e. The fourth-order valence-corrected chi connectivity index (χ4v) is 1.61. The summed E-state index contributed by atoms with van der Waals surface area (Å²) in [6, 6.07) is 0. The normalized spacial score (nSPS) is 13.8. The lowest BCUT2D eigenvalue weighted by Crippen LogP contribution is -2.41. The Morgan fingerprint density at radius 3 is 1.82 bits per heavy atom. The zero-order valence-corrected chi connectivity index (χ0v) is 12.4. The van der Waals surface area contributed by atoms with Gasteiger partial charge in [-0.1, -0.05) is 27.7 Å². The maximum Gasteiger partial charge on any atom is 0.0719 e. The Balaban J connectivity index is 0.000000581. The van der Waals surface area contributed by atoms with E-state index in [1.807, 2.05) is 34.6 Å². The quantitative estimate of drug-likeness (QED) is 0.815. The van der Waals surface area contributed by atoms with Crippen LogP contribution in [-0.4, -0.2) is 23.3 Å². The Hall–Kier alpha value is -0.960. The van der Waals surface area contributed by atoms with Crippen LogP contribution in [0.1, 0.15) is 56.1 Å². The van der Waals surface area contributed by atoms with Gasteiger partial charge in [-0.25, -0.2) is 0 Å². The molecule has 17 heavy (non-hydrogen) atoms. The molecule has 98 valence electrons. The summed E-state index contributed by atoms with van der Waals surface area (Å²) in [5.41, 5.74) is 4.84. The number of nitrogens with one attached hydrogen (secondary N) is 1. The van der Waals surface area contributed by atoms with E-state index in [9.17, 15) is 0 Å². The van der Waals surface area contributed by atoms with E-state index in [2.05, 4.69) is 29.4 Å². The van der Waals surface area contributed by atoms with Gasteiger partial charge in [-0.2, -0.15) is 10.2 Å². The molecule has 1 aliphatic heterocycles. The molecule has 1 aliphatic rings. The summed E-state index contributed by atoms with van der Waals surface area (Å²) in [5.74, 6) is 0.590. The molecule has 0 aromatic carbocycles. The van der Waals surface area contributed by atoms with Gasteiger partial charge in [0.2, 0.25) is 0 Å². The van der Waals surface area contributed by atoms with E-state index in [1.165, 1.54) is 16.8 Å². The minimum atomic E-state index is 0.590. The number of hydrogen-bond donors (Lipinski definition) is 1. The van der Waals surface area contributed by atoms with E-state index in [0.29, 0.717) is 5.92 Å². The van der Waals surface area contributed by atoms with Crippen LogP contribution >= 0.6 is 0 Å². The highest BCUT2D eigenvalue weighted by Crippen LogP contribution is 2.23. The van der Waals surface area contributed by atoms with Crippen LogP contribution in [0.25, 0.3) is 0 Å². The molecule has 0 saturated carbocycles. The van der Waals surface area contributed by atoms with Gasteiger partial charge in [0.05, 0.1) is 11.4 Å². The van der Waals surface area contributed by atoms with Gasteiger partial charge >= 0.3 is 0 Å². The van der Waals surface area contributed by atoms with Crippen LogP contribution in [0.4, 0.5) is 0 Å². The average molecular weight is 237 g/mol. The molecule has 0 unspecified atom stereocenters. The standard InChI is InChI=1S/C10H15N3.2C2H6/c1-6-7(2)10(9-4-11-5-9)13-12-8(6)3;2*1-2/h9,11H,4-5H2,1-3H3;2*1-2H3. The van der Waals surface area contributed by atoms with Gasteiger partial charge < -0.3 is 5.32 Å². The maximum atomic E-state index is 4.27. The summed E-state index contributed by atoms with van der Waals surface area (Å²) in [5, 5.41) is 11.7. The van der Waals surface area contributed by atoms with Gasteiger partial charge in [0.25, 0.3) is 0 Å². The number of aromatic nitrogens is 2. The average Bonchev–Trinajstić information content (AvgIpc) is 2.33. The zero-order valence-electron chi connectivity index (χ0n) is 12.4. The van der Waals surface area contributed by atoms with E-state index in [1.54, 1.807) is 0 Å². The van der Waals surface area contributed by atoms with Crippen molar-refractivity contribution in [3.8, 4) is 0 Å². The Kier molecular flexibility index (Phi) is 7.72. The third-order valence-corrected chi connectivity index (χ3v) is 2.97. The van der Waals surface area contributed by atoms with E-state index in [-0.39, 0.29) is 0 Å². The Labute approximate surface area is 106 Å². The van der Waals surface area contributed by atoms with Crippen LogP contribution in [0.2, 0.25) is 0 Å². The molecule has 1 saturated heterocycles. The molecule has 3 heteroatoms. The molecule has 1 aromatic rings. The van der Waals surface area contributed by atoms with Crippen LogP contribution in [0.15, 0.2) is 0 Å². The molecule has 2 heterocycles. The number of aryl methyl sites for hydroxylation is 1. The summed E-state index contributed by atoms with van der Waals surface area (Å²) in [7, 11) is 0. The van der Waals surface area contributed by atoms with Crippen molar-refractivity contribution in [1.82, 2.24) is 15.5 Å². The van der Waals surface area contributed by atoms with Crippen molar-refractivity contribution in [2.45, 2.75) is 54.4 Å². The van der Waals surface area contributed by atoms with Crippen molar-refractivity contribution >= 4 is 0 Å². The fraction of sp³-hybridized carbons (Fsp3) is 0.714. The molecule has 1 aromatic heterocycles. The molecule has 0 amide bonds. The summed E-state index contributed by atoms with van der Waals surface area (Å²) in [4.78, 5) is 0. The SMILES string of the molecule is CC.CC.Cc1nnc(C2CNC2)c(C)c1C. The second-order valence-electron chi connectivity index (χ2n) is 3.78. The first-order valence-electron chi connectivity index (χ1n) is 6.71. The van der Waals surface area contributed by atoms with Gasteiger partial charge in [0, 0.05) is 19.0 Å². The smallest absolute Gasteiger partial charge is 0.0719 e. The Bertz CT molecular complexity index is 330. The number of nitrogens with zero attached hydrogens (tertiary/aromatic N) is 2. The third-order valence-electron chi connectivity index (χ3n) is 2.97. The summed E-state index contributed by atoms with van der Waals surface area (Å²) in [6.07, 6.45) is 0. The molecule has 0 atom stereocenters. The van der Waals surface area contributed by atoms with Crippen molar-refractivity contribution in [3.63, 3.8) is 0 Å². The topological polar surface area (TPSA) is 37.8 Å². The van der Waals surface area contributed by atoms with Crippen LogP contribution in [-0.2, 0) is 0 Å². The van der Waals surface area contributed by atoms with E-state index in [0.717, 1.165) is 18.8 Å². The molecule has 3 nitrogen and oxygen atoms in total. The summed E-state index contributed by atoms with van der Waals surface area (Å²) >= 11 is 0. The van der Waals surface area contributed by atoms with E-state index in [4.69, 9.17) is 0 Å². The highest BCUT2D eigenvalue weighted by molar-refractivity contribution is 5.33. The van der Waals surface area contributed by atoms with E-state index < -0.39 is 0 Å². The molecule has 1 fully saturated rings. The first-order chi connectivity index (χ1) is 8.20. The van der Waals surface area contributed by atoms with Crippen molar-refractivity contribution in [2.24, 2.45) is 0 Å². The molecular weight excluding hydrogens is 210 g/mol. The lowest BCUT2D eigenvalue weighted by molar-refractivity contribution is 0.433. The van der Waals surface area contributed by atoms with Crippen molar-refractivity contribution in [2.75, 3.05) is 13.1 Å². The second-order valence-corrected chi connectivity index (χ2v) is 3.78. The van der Waals surface area contributed by atoms with Gasteiger partial charge in [-0.15, -0.1) is 0 Å². The minimum absolute atomic E-state index is 0.590. The number of hydrogen-bond acceptors (Lipinski definition) is 3. The van der Waals surface area contributed by atoms with Crippen LogP contribution in [0, 0.1) is 20.8 Å². The lowest BCUT2D eigenvalue weighted by Gasteiger charge is -2.27. The fourth-order valence-electron chi connectivity index (χ4n) is 1.61. The highest BCUT2D eigenvalue weighted by atomic mass is 15.1. The molecule has 1 N–H and O–H groups in total. The predicted molar refractivity (Wildman–Crippen MR) is 74.5 cm³/mol. The largest absolute Gasteiger partial charge is 0.315 e. The zero-order chi connectivity index (χ0) is 13.4. The van der Waals surface area contributed by atoms with E-state index >= 15 is 0 Å².